The maximum atomic E-state index is 12.0. The molecule has 4 aromatic heterocycles. The number of aromatic nitrogens is 4. The molecule has 6 saturated carbocycles. The summed E-state index contributed by atoms with van der Waals surface area (Å²) in [4.78, 5) is 29.4. The van der Waals surface area contributed by atoms with Gasteiger partial charge < -0.3 is 28.7 Å². The molecule has 77 heavy (non-hydrogen) atoms. The first-order valence-corrected chi connectivity index (χ1v) is 29.2. The third kappa shape index (κ3) is 9.86. The molecule has 2 N–H and O–H groups in total. The van der Waals surface area contributed by atoms with E-state index in [4.69, 9.17) is 91.1 Å². The first-order valence-electron chi connectivity index (χ1n) is 26.1. The van der Waals surface area contributed by atoms with Crippen LogP contribution >= 0.6 is 69.1 Å². The summed E-state index contributed by atoms with van der Waals surface area (Å²) < 4.78 is 26.8. The summed E-state index contributed by atoms with van der Waals surface area (Å²) in [6, 6.07) is 24.6. The van der Waals surface area contributed by atoms with Crippen molar-refractivity contribution < 1.29 is 38.3 Å². The number of fused-ring (bicyclic) bond motifs is 6. The molecule has 8 aromatic rings. The highest BCUT2D eigenvalue weighted by atomic mass is 35.5. The molecule has 0 spiro atoms. The van der Waals surface area contributed by atoms with E-state index in [1.807, 2.05) is 66.7 Å². The van der Waals surface area contributed by atoms with Crippen LogP contribution in [-0.4, -0.2) is 48.9 Å². The number of rotatable bonds is 12. The van der Waals surface area contributed by atoms with Crippen LogP contribution < -0.4 is 0 Å². The van der Waals surface area contributed by atoms with E-state index in [1.165, 1.54) is 11.3 Å². The zero-order valence-corrected chi connectivity index (χ0v) is 46.1. The van der Waals surface area contributed by atoms with Crippen LogP contribution in [0.1, 0.15) is 122 Å². The number of para-hydroxylation sites is 1. The minimum absolute atomic E-state index is 0.0207. The van der Waals surface area contributed by atoms with Crippen molar-refractivity contribution in [2.24, 2.45) is 23.7 Å². The van der Waals surface area contributed by atoms with Gasteiger partial charge in [0.05, 0.1) is 67.8 Å². The quantitative estimate of drug-likeness (QED) is 0.111. The molecule has 6 fully saturated rings. The predicted octanol–water partition coefficient (Wildman–Crippen LogP) is 15.4. The summed E-state index contributed by atoms with van der Waals surface area (Å²) in [5.41, 5.74) is 5.18. The Morgan fingerprint density at radius 2 is 1.01 bits per heavy atom. The molecule has 0 amide bonds. The maximum absolute atomic E-state index is 12.0. The van der Waals surface area contributed by atoms with Gasteiger partial charge in [0.25, 0.3) is 0 Å². The van der Waals surface area contributed by atoms with Gasteiger partial charge in [-0.15, -0.1) is 22.7 Å². The molecule has 14 rings (SSSR count). The van der Waals surface area contributed by atoms with Gasteiger partial charge in [-0.25, -0.2) is 14.8 Å². The SMILES string of the molecule is O=C=O.OC1(c2nc3ccccc3s2)[C@@H]2CC[C@H]1CC(OCc1c(-c3c(Cl)cccc3Cl)noc1C1CC1)C2.[C-]#[N+]c1ccc2nc(C3(O)[C@@H]4CC[C@H]3CC(OCc3c(-c5c(Cl)cccc5Cl)noc3C3CC3)C4)sc2c1. The van der Waals surface area contributed by atoms with E-state index >= 15 is 0 Å². The lowest BCUT2D eigenvalue weighted by atomic mass is 9.73. The zero-order chi connectivity index (χ0) is 53.2. The Morgan fingerprint density at radius 1 is 0.597 bits per heavy atom. The van der Waals surface area contributed by atoms with Crippen molar-refractivity contribution in [2.45, 2.75) is 126 Å². The molecule has 0 saturated heterocycles. The number of hydrogen-bond acceptors (Lipinski definition) is 14. The number of thiazole rings is 2. The van der Waals surface area contributed by atoms with Gasteiger partial charge in [-0.05, 0) is 149 Å². The number of nitrogens with zero attached hydrogens (tertiary/aromatic N) is 5. The van der Waals surface area contributed by atoms with Crippen molar-refractivity contribution >= 4 is 101 Å². The monoisotopic (exact) mass is 1150 g/mol. The van der Waals surface area contributed by atoms with Crippen LogP contribution in [0, 0.1) is 30.2 Å². The maximum Gasteiger partial charge on any atom is 0.373 e. The molecule has 19 heteroatoms. The molecule has 4 bridgehead atoms. The van der Waals surface area contributed by atoms with Crippen LogP contribution in [0.25, 0.3) is 47.8 Å². The normalized spacial score (nSPS) is 26.2. The lowest BCUT2D eigenvalue weighted by Crippen LogP contribution is -2.44. The Hall–Kier alpha value is -5.05. The summed E-state index contributed by atoms with van der Waals surface area (Å²) >= 11 is 29.2. The van der Waals surface area contributed by atoms with E-state index in [9.17, 15) is 10.2 Å². The Balaban J connectivity index is 0.000000148. The predicted molar refractivity (Wildman–Crippen MR) is 294 cm³/mol. The third-order valence-corrected chi connectivity index (χ3v) is 20.3. The fraction of sp³-hybridized carbons (Fsp3) is 0.414. The largest absolute Gasteiger partial charge is 0.382 e. The molecule has 13 nitrogen and oxygen atoms in total. The van der Waals surface area contributed by atoms with Gasteiger partial charge in [0, 0.05) is 38.8 Å². The van der Waals surface area contributed by atoms with Crippen molar-refractivity contribution in [1.82, 2.24) is 20.3 Å². The van der Waals surface area contributed by atoms with E-state index < -0.39 is 11.2 Å². The fourth-order valence-electron chi connectivity index (χ4n) is 12.7. The number of carbonyl (C=O) groups excluding carboxylic acids is 2. The van der Waals surface area contributed by atoms with Crippen molar-refractivity contribution in [3.8, 4) is 22.5 Å². The Morgan fingerprint density at radius 3 is 1.43 bits per heavy atom. The van der Waals surface area contributed by atoms with Gasteiger partial charge in [0.1, 0.15) is 44.1 Å². The lowest BCUT2D eigenvalue weighted by molar-refractivity contribution is -0.191. The van der Waals surface area contributed by atoms with Gasteiger partial charge in [0.2, 0.25) is 0 Å². The molecule has 396 valence electrons. The number of aliphatic hydroxyl groups is 2. The molecule has 4 heterocycles. The average molecular weight is 1150 g/mol. The number of hydrogen-bond donors (Lipinski definition) is 2. The first kappa shape index (κ1) is 52.6. The highest BCUT2D eigenvalue weighted by Gasteiger charge is 2.58. The van der Waals surface area contributed by atoms with Crippen molar-refractivity contribution in [2.75, 3.05) is 0 Å². The van der Waals surface area contributed by atoms with Crippen LogP contribution in [0.2, 0.25) is 20.1 Å². The van der Waals surface area contributed by atoms with E-state index in [2.05, 4.69) is 21.2 Å². The van der Waals surface area contributed by atoms with Gasteiger partial charge >= 0.3 is 6.15 Å². The third-order valence-electron chi connectivity index (χ3n) is 16.7. The molecular weight excluding hydrogens is 1100 g/mol. The van der Waals surface area contributed by atoms with Gasteiger partial charge in [-0.1, -0.05) is 87.0 Å². The Kier molecular flexibility index (Phi) is 14.7. The highest BCUT2D eigenvalue weighted by Crippen LogP contribution is 2.59. The topological polar surface area (TPSA) is 175 Å². The zero-order valence-electron chi connectivity index (χ0n) is 41.4. The lowest BCUT2D eigenvalue weighted by Gasteiger charge is -2.41. The number of benzene rings is 4. The van der Waals surface area contributed by atoms with Crippen LogP contribution in [0.15, 0.2) is 87.9 Å². The second kappa shape index (κ2) is 21.5. The van der Waals surface area contributed by atoms with Crippen LogP contribution in [-0.2, 0) is 43.5 Å². The molecule has 4 aromatic carbocycles. The van der Waals surface area contributed by atoms with Gasteiger partial charge in [-0.2, -0.15) is 9.59 Å². The van der Waals surface area contributed by atoms with Crippen molar-refractivity contribution in [1.29, 1.82) is 0 Å². The molecule has 4 unspecified atom stereocenters. The molecule has 0 aliphatic heterocycles. The minimum atomic E-state index is -0.950. The Bertz CT molecular complexity index is 3490. The van der Waals surface area contributed by atoms with Crippen LogP contribution in [0.3, 0.4) is 0 Å². The molecule has 6 aliphatic carbocycles. The van der Waals surface area contributed by atoms with Crippen LogP contribution in [0.4, 0.5) is 5.69 Å². The second-order valence-electron chi connectivity index (χ2n) is 21.2. The fourth-order valence-corrected chi connectivity index (χ4v) is 16.3. The summed E-state index contributed by atoms with van der Waals surface area (Å²) in [6.45, 7) is 8.06. The Labute approximate surface area is 471 Å². The smallest absolute Gasteiger partial charge is 0.373 e. The number of ether oxygens (including phenoxy) is 2. The summed E-state index contributed by atoms with van der Waals surface area (Å²) in [6.07, 6.45) is 11.8. The first-order chi connectivity index (χ1) is 37.4. The van der Waals surface area contributed by atoms with E-state index in [0.717, 1.165) is 130 Å². The van der Waals surface area contributed by atoms with Gasteiger partial charge in [0.15, 0.2) is 5.69 Å². The second-order valence-corrected chi connectivity index (χ2v) is 24.9. The van der Waals surface area contributed by atoms with Crippen LogP contribution in [0.5, 0.6) is 0 Å². The summed E-state index contributed by atoms with van der Waals surface area (Å²) in [5.74, 6) is 2.97. The van der Waals surface area contributed by atoms with Crippen molar-refractivity contribution in [3.05, 3.63) is 143 Å². The van der Waals surface area contributed by atoms with E-state index in [-0.39, 0.29) is 42.0 Å². The van der Waals surface area contributed by atoms with Crippen molar-refractivity contribution in [3.63, 3.8) is 0 Å². The van der Waals surface area contributed by atoms with E-state index in [0.29, 0.717) is 73.3 Å². The standard InChI is InChI=1S/C29H25Cl2N3O3S.C28H26Cl2N2O3S.CO2/c1-32-18-9-10-23-24(13-18)38-28(33-23)29(35)16-7-8-17(29)12-19(11-16)36-14-20-26(34-37-27(20)15-5-6-15)25-21(30)3-2-4-22(25)31;29-20-4-3-5-21(30)24(20)25-19(26(35-32-25)15-8-9-15)14-34-18-12-16-10-11-17(13-18)28(16,33)27-31-22-6-1-2-7-23(22)36-27;2-1-3/h2-4,9-10,13,15-17,19,35H,5-8,11-12,14H2;1-7,15-18,33H,8-14H2;/t16-,17+,19?,29?;16-,17+,18?,28?;. The molecule has 8 atom stereocenters. The number of halogens is 4. The van der Waals surface area contributed by atoms with E-state index in [1.54, 1.807) is 17.4 Å². The summed E-state index contributed by atoms with van der Waals surface area (Å²) in [7, 11) is 0. The summed E-state index contributed by atoms with van der Waals surface area (Å²) in [5, 5.41) is 36.5. The molecular formula is C58H51Cl4N5O8S2. The minimum Gasteiger partial charge on any atom is -0.382 e. The van der Waals surface area contributed by atoms with Gasteiger partial charge in [-0.3, -0.25) is 0 Å². The average Bonchev–Trinajstić information content (AvgIpc) is 4.39. The molecule has 0 radical (unpaired) electrons. The highest BCUT2D eigenvalue weighted by molar-refractivity contribution is 7.19. The molecule has 6 aliphatic rings.